The Kier molecular flexibility index (Phi) is 3.19. The molecule has 1 aromatic carbocycles. The van der Waals surface area contributed by atoms with Crippen molar-refractivity contribution in [2.75, 3.05) is 0 Å². The number of carboxylic acid groups (broad SMARTS) is 1. The molecule has 0 amide bonds. The quantitative estimate of drug-likeness (QED) is 0.873. The highest BCUT2D eigenvalue weighted by atomic mass is 16.4. The van der Waals surface area contributed by atoms with E-state index in [1.165, 1.54) is 6.20 Å². The molecule has 0 aliphatic heterocycles. The summed E-state index contributed by atoms with van der Waals surface area (Å²) in [7, 11) is 0. The first-order chi connectivity index (χ1) is 8.54. The standard InChI is InChI=1S/C14H15NO3/c1-3-8(2)9-4-5-12-10(6-9)13(16)11(7-15-12)14(17)18/h4-8H,3H2,1-2H3,(H,15,16)(H,17,18). The maximum atomic E-state index is 12.0. The van der Waals surface area contributed by atoms with Gasteiger partial charge in [0.1, 0.15) is 5.56 Å². The molecule has 0 aliphatic rings. The van der Waals surface area contributed by atoms with E-state index in [0.29, 0.717) is 16.8 Å². The van der Waals surface area contributed by atoms with E-state index in [0.717, 1.165) is 12.0 Å². The van der Waals surface area contributed by atoms with Gasteiger partial charge in [-0.05, 0) is 30.0 Å². The van der Waals surface area contributed by atoms with Gasteiger partial charge in [-0.3, -0.25) is 4.79 Å². The molecular weight excluding hydrogens is 230 g/mol. The number of benzene rings is 1. The number of aromatic amines is 1. The van der Waals surface area contributed by atoms with E-state index in [2.05, 4.69) is 18.8 Å². The lowest BCUT2D eigenvalue weighted by molar-refractivity contribution is 0.0695. The summed E-state index contributed by atoms with van der Waals surface area (Å²) >= 11 is 0. The monoisotopic (exact) mass is 245 g/mol. The summed E-state index contributed by atoms with van der Waals surface area (Å²) in [4.78, 5) is 25.8. The number of hydrogen-bond acceptors (Lipinski definition) is 2. The SMILES string of the molecule is CCC(C)c1ccc2[nH]cc(C(=O)O)c(=O)c2c1. The Labute approximate surface area is 104 Å². The highest BCUT2D eigenvalue weighted by Gasteiger charge is 2.12. The molecule has 2 aromatic rings. The first-order valence-electron chi connectivity index (χ1n) is 5.93. The van der Waals surface area contributed by atoms with Gasteiger partial charge in [-0.15, -0.1) is 0 Å². The second-order valence-corrected chi connectivity index (χ2v) is 4.45. The Morgan fingerprint density at radius 3 is 2.78 bits per heavy atom. The van der Waals surface area contributed by atoms with E-state index in [4.69, 9.17) is 5.11 Å². The van der Waals surface area contributed by atoms with Crippen LogP contribution in [0.15, 0.2) is 29.2 Å². The van der Waals surface area contributed by atoms with Gasteiger partial charge in [0.15, 0.2) is 0 Å². The minimum absolute atomic E-state index is 0.219. The Hall–Kier alpha value is -2.10. The Morgan fingerprint density at radius 2 is 2.17 bits per heavy atom. The zero-order valence-corrected chi connectivity index (χ0v) is 10.4. The zero-order chi connectivity index (χ0) is 13.3. The van der Waals surface area contributed by atoms with Gasteiger partial charge >= 0.3 is 5.97 Å². The van der Waals surface area contributed by atoms with E-state index in [1.807, 2.05) is 12.1 Å². The maximum Gasteiger partial charge on any atom is 0.341 e. The number of hydrogen-bond donors (Lipinski definition) is 2. The van der Waals surface area contributed by atoms with Gasteiger partial charge in [-0.2, -0.15) is 0 Å². The van der Waals surface area contributed by atoms with E-state index >= 15 is 0 Å². The summed E-state index contributed by atoms with van der Waals surface area (Å²) in [5.41, 5.74) is 1.07. The normalized spacial score (nSPS) is 12.6. The number of aromatic carboxylic acids is 1. The van der Waals surface area contributed by atoms with E-state index in [1.54, 1.807) is 6.07 Å². The lowest BCUT2D eigenvalue weighted by atomic mass is 9.96. The van der Waals surface area contributed by atoms with Gasteiger partial charge in [0, 0.05) is 17.1 Å². The minimum atomic E-state index is -1.20. The summed E-state index contributed by atoms with van der Waals surface area (Å²) in [6.45, 7) is 4.16. The molecule has 4 nitrogen and oxygen atoms in total. The molecule has 0 spiro atoms. The number of H-pyrrole nitrogens is 1. The van der Waals surface area contributed by atoms with Crippen LogP contribution in [0.5, 0.6) is 0 Å². The van der Waals surface area contributed by atoms with Crippen molar-refractivity contribution in [1.29, 1.82) is 0 Å². The summed E-state index contributed by atoms with van der Waals surface area (Å²) in [5, 5.41) is 9.37. The van der Waals surface area contributed by atoms with Gasteiger partial charge in [-0.1, -0.05) is 19.9 Å². The fourth-order valence-corrected chi connectivity index (χ4v) is 1.94. The van der Waals surface area contributed by atoms with Crippen LogP contribution in [-0.4, -0.2) is 16.1 Å². The third-order valence-corrected chi connectivity index (χ3v) is 3.32. The van der Waals surface area contributed by atoms with E-state index < -0.39 is 11.4 Å². The second-order valence-electron chi connectivity index (χ2n) is 4.45. The van der Waals surface area contributed by atoms with Crippen molar-refractivity contribution < 1.29 is 9.90 Å². The molecule has 2 N–H and O–H groups in total. The minimum Gasteiger partial charge on any atom is -0.477 e. The molecule has 1 aromatic heterocycles. The van der Waals surface area contributed by atoms with Crippen LogP contribution < -0.4 is 5.43 Å². The molecule has 0 saturated heterocycles. The number of carboxylic acids is 1. The lowest BCUT2D eigenvalue weighted by Crippen LogP contribution is -2.15. The Morgan fingerprint density at radius 1 is 1.44 bits per heavy atom. The van der Waals surface area contributed by atoms with Crippen LogP contribution in [0.2, 0.25) is 0 Å². The molecule has 0 saturated carbocycles. The number of fused-ring (bicyclic) bond motifs is 1. The average molecular weight is 245 g/mol. The summed E-state index contributed by atoms with van der Waals surface area (Å²) in [6, 6.07) is 5.57. The Balaban J connectivity index is 2.71. The van der Waals surface area contributed by atoms with Crippen LogP contribution in [-0.2, 0) is 0 Å². The van der Waals surface area contributed by atoms with Gasteiger partial charge in [-0.25, -0.2) is 4.79 Å². The predicted octanol–water partition coefficient (Wildman–Crippen LogP) is 2.74. The summed E-state index contributed by atoms with van der Waals surface area (Å²) in [5.74, 6) is -0.852. The lowest BCUT2D eigenvalue weighted by Gasteiger charge is -2.09. The number of pyridine rings is 1. The molecule has 94 valence electrons. The molecule has 4 heteroatoms. The molecule has 1 heterocycles. The molecule has 1 atom stereocenters. The predicted molar refractivity (Wildman–Crippen MR) is 70.2 cm³/mol. The van der Waals surface area contributed by atoms with Gasteiger partial charge < -0.3 is 10.1 Å². The molecule has 0 aliphatic carbocycles. The zero-order valence-electron chi connectivity index (χ0n) is 10.4. The molecule has 0 radical (unpaired) electrons. The number of nitrogens with one attached hydrogen (secondary N) is 1. The average Bonchev–Trinajstić information content (AvgIpc) is 2.37. The van der Waals surface area contributed by atoms with Crippen LogP contribution in [0.4, 0.5) is 0 Å². The number of rotatable bonds is 3. The third kappa shape index (κ3) is 2.01. The number of aromatic nitrogens is 1. The Bertz CT molecular complexity index is 658. The van der Waals surface area contributed by atoms with Crippen LogP contribution in [0.25, 0.3) is 10.9 Å². The highest BCUT2D eigenvalue weighted by Crippen LogP contribution is 2.21. The van der Waals surface area contributed by atoms with E-state index in [-0.39, 0.29) is 5.56 Å². The fourth-order valence-electron chi connectivity index (χ4n) is 1.94. The van der Waals surface area contributed by atoms with Gasteiger partial charge in [0.05, 0.1) is 0 Å². The van der Waals surface area contributed by atoms with Gasteiger partial charge in [0.25, 0.3) is 0 Å². The van der Waals surface area contributed by atoms with Crippen molar-refractivity contribution in [1.82, 2.24) is 4.98 Å². The molecule has 2 rings (SSSR count). The largest absolute Gasteiger partial charge is 0.477 e. The number of carbonyl (C=O) groups is 1. The van der Waals surface area contributed by atoms with Crippen LogP contribution in [0.3, 0.4) is 0 Å². The van der Waals surface area contributed by atoms with Crippen molar-refractivity contribution in [2.45, 2.75) is 26.2 Å². The van der Waals surface area contributed by atoms with Crippen LogP contribution in [0.1, 0.15) is 42.1 Å². The smallest absolute Gasteiger partial charge is 0.341 e. The molecular formula is C14H15NO3. The van der Waals surface area contributed by atoms with Gasteiger partial charge in [0.2, 0.25) is 5.43 Å². The van der Waals surface area contributed by atoms with E-state index in [9.17, 15) is 9.59 Å². The molecule has 0 fully saturated rings. The first-order valence-corrected chi connectivity index (χ1v) is 5.93. The topological polar surface area (TPSA) is 70.2 Å². The van der Waals surface area contributed by atoms with Crippen molar-refractivity contribution in [3.8, 4) is 0 Å². The van der Waals surface area contributed by atoms with Crippen molar-refractivity contribution in [2.24, 2.45) is 0 Å². The molecule has 0 bridgehead atoms. The third-order valence-electron chi connectivity index (χ3n) is 3.32. The van der Waals surface area contributed by atoms with Crippen LogP contribution >= 0.6 is 0 Å². The van der Waals surface area contributed by atoms with Crippen molar-refractivity contribution in [3.63, 3.8) is 0 Å². The summed E-state index contributed by atoms with van der Waals surface area (Å²) in [6.07, 6.45) is 2.22. The first kappa shape index (κ1) is 12.4. The summed E-state index contributed by atoms with van der Waals surface area (Å²) < 4.78 is 0. The van der Waals surface area contributed by atoms with Crippen molar-refractivity contribution in [3.05, 3.63) is 45.7 Å². The molecule has 1 unspecified atom stereocenters. The molecule has 18 heavy (non-hydrogen) atoms. The fraction of sp³-hybridized carbons (Fsp3) is 0.286. The second kappa shape index (κ2) is 4.64. The maximum absolute atomic E-state index is 12.0. The van der Waals surface area contributed by atoms with Crippen molar-refractivity contribution >= 4 is 16.9 Å². The highest BCUT2D eigenvalue weighted by molar-refractivity contribution is 5.92. The van der Waals surface area contributed by atoms with Crippen LogP contribution in [0, 0.1) is 0 Å².